The van der Waals surface area contributed by atoms with E-state index in [1.165, 1.54) is 6.08 Å². The molecule has 3 aromatic rings. The minimum atomic E-state index is -0.406. The molecule has 0 saturated heterocycles. The van der Waals surface area contributed by atoms with Gasteiger partial charge in [0.05, 0.1) is 0 Å². The molecule has 0 aliphatic rings. The first-order valence-corrected chi connectivity index (χ1v) is 11.2. The maximum atomic E-state index is 12.2. The van der Waals surface area contributed by atoms with Crippen LogP contribution < -0.4 is 16.0 Å². The Balaban J connectivity index is 1.54. The Kier molecular flexibility index (Phi) is 8.40. The zero-order valence-electron chi connectivity index (χ0n) is 18.3. The SMILES string of the molecule is CCCC(=O)Nc1cccc(NC(=S)NC(=O)/C=C/c2ccc(-c3ccc(C)c(Cl)c3)o2)c1. The van der Waals surface area contributed by atoms with E-state index in [1.54, 1.807) is 36.4 Å². The van der Waals surface area contributed by atoms with Crippen molar-refractivity contribution >= 4 is 58.2 Å². The van der Waals surface area contributed by atoms with Gasteiger partial charge >= 0.3 is 0 Å². The monoisotopic (exact) mass is 481 g/mol. The highest BCUT2D eigenvalue weighted by Gasteiger charge is 2.07. The van der Waals surface area contributed by atoms with Crippen molar-refractivity contribution in [1.29, 1.82) is 0 Å². The molecule has 0 aliphatic carbocycles. The van der Waals surface area contributed by atoms with E-state index in [1.807, 2.05) is 38.1 Å². The zero-order chi connectivity index (χ0) is 23.8. The second kappa shape index (κ2) is 11.4. The lowest BCUT2D eigenvalue weighted by atomic mass is 10.1. The topological polar surface area (TPSA) is 83.4 Å². The summed E-state index contributed by atoms with van der Waals surface area (Å²) in [7, 11) is 0. The Morgan fingerprint density at radius 2 is 1.82 bits per heavy atom. The van der Waals surface area contributed by atoms with Crippen LogP contribution in [0, 0.1) is 6.92 Å². The van der Waals surface area contributed by atoms with Crippen LogP contribution in [-0.2, 0) is 9.59 Å². The first-order chi connectivity index (χ1) is 15.8. The van der Waals surface area contributed by atoms with E-state index in [0.717, 1.165) is 17.5 Å². The standard InChI is InChI=1S/C25H24ClN3O3S/c1-3-5-23(30)27-18-6-4-7-19(15-18)28-25(33)29-24(31)13-11-20-10-12-22(32-20)17-9-8-16(2)21(26)14-17/h4,6-15H,3,5H2,1-2H3,(H,27,30)(H2,28,29,31,33)/b13-11+. The van der Waals surface area contributed by atoms with Gasteiger partial charge in [0.1, 0.15) is 11.5 Å². The van der Waals surface area contributed by atoms with E-state index in [2.05, 4.69) is 16.0 Å². The molecule has 3 rings (SSSR count). The molecule has 0 aliphatic heterocycles. The molecule has 0 radical (unpaired) electrons. The Hall–Kier alpha value is -3.42. The number of amides is 2. The van der Waals surface area contributed by atoms with Gasteiger partial charge in [0, 0.05) is 34.5 Å². The molecule has 1 heterocycles. The first kappa shape index (κ1) is 24.2. The summed E-state index contributed by atoms with van der Waals surface area (Å²) >= 11 is 11.4. The minimum absolute atomic E-state index is 0.0535. The lowest BCUT2D eigenvalue weighted by Crippen LogP contribution is -2.32. The average molecular weight is 482 g/mol. The van der Waals surface area contributed by atoms with Crippen molar-refractivity contribution in [3.8, 4) is 11.3 Å². The number of halogens is 1. The van der Waals surface area contributed by atoms with E-state index < -0.39 is 5.91 Å². The van der Waals surface area contributed by atoms with Gasteiger partial charge in [-0.2, -0.15) is 0 Å². The number of thiocarbonyl (C=S) groups is 1. The number of nitrogens with one attached hydrogen (secondary N) is 3. The van der Waals surface area contributed by atoms with Crippen molar-refractivity contribution in [3.05, 3.63) is 77.0 Å². The number of anilines is 2. The Labute approximate surface area is 203 Å². The van der Waals surface area contributed by atoms with Crippen LogP contribution in [0.15, 0.2) is 65.1 Å². The van der Waals surface area contributed by atoms with Gasteiger partial charge in [-0.1, -0.05) is 36.7 Å². The number of aryl methyl sites for hydroxylation is 1. The molecule has 1 aromatic heterocycles. The van der Waals surface area contributed by atoms with E-state index in [4.69, 9.17) is 28.2 Å². The molecule has 0 bridgehead atoms. The van der Waals surface area contributed by atoms with Crippen molar-refractivity contribution in [1.82, 2.24) is 5.32 Å². The quantitative estimate of drug-likeness (QED) is 0.277. The highest BCUT2D eigenvalue weighted by atomic mass is 35.5. The number of rotatable bonds is 7. The smallest absolute Gasteiger partial charge is 0.250 e. The fourth-order valence-electron chi connectivity index (χ4n) is 2.94. The van der Waals surface area contributed by atoms with Crippen LogP contribution in [-0.4, -0.2) is 16.9 Å². The maximum absolute atomic E-state index is 12.2. The summed E-state index contributed by atoms with van der Waals surface area (Å²) in [6.07, 6.45) is 4.11. The van der Waals surface area contributed by atoms with Gasteiger partial charge in [0.25, 0.3) is 0 Å². The van der Waals surface area contributed by atoms with Crippen LogP contribution in [0.5, 0.6) is 0 Å². The molecule has 0 saturated carbocycles. The number of hydrogen-bond donors (Lipinski definition) is 3. The van der Waals surface area contributed by atoms with E-state index >= 15 is 0 Å². The van der Waals surface area contributed by atoms with Crippen molar-refractivity contribution < 1.29 is 14.0 Å². The summed E-state index contributed by atoms with van der Waals surface area (Å²) in [6.45, 7) is 3.88. The van der Waals surface area contributed by atoms with Gasteiger partial charge in [0.2, 0.25) is 11.8 Å². The summed E-state index contributed by atoms with van der Waals surface area (Å²) in [4.78, 5) is 24.0. The second-order valence-corrected chi connectivity index (χ2v) is 8.14. The van der Waals surface area contributed by atoms with Crippen molar-refractivity contribution in [2.45, 2.75) is 26.7 Å². The molecule has 2 amide bonds. The Morgan fingerprint density at radius 3 is 2.55 bits per heavy atom. The van der Waals surface area contributed by atoms with Gasteiger partial charge in [-0.15, -0.1) is 0 Å². The van der Waals surface area contributed by atoms with E-state index in [9.17, 15) is 9.59 Å². The first-order valence-electron chi connectivity index (χ1n) is 10.4. The largest absolute Gasteiger partial charge is 0.457 e. The molecule has 0 atom stereocenters. The predicted octanol–water partition coefficient (Wildman–Crippen LogP) is 6.17. The number of carbonyl (C=O) groups excluding carboxylic acids is 2. The van der Waals surface area contributed by atoms with Crippen LogP contribution in [0.2, 0.25) is 5.02 Å². The van der Waals surface area contributed by atoms with Gasteiger partial charge in [-0.3, -0.25) is 14.9 Å². The molecule has 0 fully saturated rings. The molecule has 2 aromatic carbocycles. The van der Waals surface area contributed by atoms with Gasteiger partial charge in [-0.25, -0.2) is 0 Å². The molecule has 170 valence electrons. The fraction of sp³-hybridized carbons (Fsp3) is 0.160. The Morgan fingerprint density at radius 1 is 1.06 bits per heavy atom. The molecule has 0 unspecified atom stereocenters. The predicted molar refractivity (Wildman–Crippen MR) is 137 cm³/mol. The summed E-state index contributed by atoms with van der Waals surface area (Å²) < 4.78 is 5.77. The molecule has 0 spiro atoms. The van der Waals surface area contributed by atoms with Crippen LogP contribution in [0.3, 0.4) is 0 Å². The third-order valence-corrected chi connectivity index (χ3v) is 5.21. The summed E-state index contributed by atoms with van der Waals surface area (Å²) in [6, 6.07) is 16.4. The van der Waals surface area contributed by atoms with Crippen molar-refractivity contribution in [2.24, 2.45) is 0 Å². The third-order valence-electron chi connectivity index (χ3n) is 4.60. The van der Waals surface area contributed by atoms with Gasteiger partial charge in [0.15, 0.2) is 5.11 Å². The van der Waals surface area contributed by atoms with Gasteiger partial charge < -0.3 is 15.1 Å². The summed E-state index contributed by atoms with van der Waals surface area (Å²) in [5.74, 6) is 0.713. The summed E-state index contributed by atoms with van der Waals surface area (Å²) in [5, 5.41) is 9.12. The van der Waals surface area contributed by atoms with Crippen LogP contribution >= 0.6 is 23.8 Å². The average Bonchev–Trinajstić information content (AvgIpc) is 3.23. The van der Waals surface area contributed by atoms with Crippen molar-refractivity contribution in [2.75, 3.05) is 10.6 Å². The highest BCUT2D eigenvalue weighted by molar-refractivity contribution is 7.80. The maximum Gasteiger partial charge on any atom is 0.250 e. The molecular formula is C25H24ClN3O3S. The number of furan rings is 1. The van der Waals surface area contributed by atoms with Crippen molar-refractivity contribution in [3.63, 3.8) is 0 Å². The van der Waals surface area contributed by atoms with E-state index in [0.29, 0.717) is 34.3 Å². The van der Waals surface area contributed by atoms with Crippen LogP contribution in [0.25, 0.3) is 17.4 Å². The number of hydrogen-bond acceptors (Lipinski definition) is 4. The second-order valence-electron chi connectivity index (χ2n) is 7.32. The molecule has 6 nitrogen and oxygen atoms in total. The molecular weight excluding hydrogens is 458 g/mol. The lowest BCUT2D eigenvalue weighted by molar-refractivity contribution is -0.116. The highest BCUT2D eigenvalue weighted by Crippen LogP contribution is 2.27. The zero-order valence-corrected chi connectivity index (χ0v) is 19.8. The fourth-order valence-corrected chi connectivity index (χ4v) is 3.34. The summed E-state index contributed by atoms with van der Waals surface area (Å²) in [5.41, 5.74) is 3.14. The number of benzene rings is 2. The Bertz CT molecular complexity index is 1200. The van der Waals surface area contributed by atoms with Crippen LogP contribution in [0.4, 0.5) is 11.4 Å². The number of carbonyl (C=O) groups is 2. The lowest BCUT2D eigenvalue weighted by Gasteiger charge is -2.10. The minimum Gasteiger partial charge on any atom is -0.457 e. The van der Waals surface area contributed by atoms with E-state index in [-0.39, 0.29) is 11.0 Å². The molecule has 3 N–H and O–H groups in total. The molecule has 8 heteroatoms. The van der Waals surface area contributed by atoms with Crippen LogP contribution in [0.1, 0.15) is 31.1 Å². The normalized spacial score (nSPS) is 10.8. The molecule has 33 heavy (non-hydrogen) atoms. The van der Waals surface area contributed by atoms with Gasteiger partial charge in [-0.05, 0) is 73.6 Å². The third kappa shape index (κ3) is 7.30.